The molecule has 8 heteroatoms. The van der Waals surface area contributed by atoms with Crippen molar-refractivity contribution in [1.29, 1.82) is 0 Å². The summed E-state index contributed by atoms with van der Waals surface area (Å²) < 4.78 is 0. The quantitative estimate of drug-likeness (QED) is 0.402. The molecule has 0 bridgehead atoms. The van der Waals surface area contributed by atoms with E-state index in [0.29, 0.717) is 23.5 Å². The number of nitrogens with zero attached hydrogens (tertiary/aromatic N) is 4. The molecule has 174 valence electrons. The van der Waals surface area contributed by atoms with Gasteiger partial charge < -0.3 is 15.1 Å². The first-order valence-electron chi connectivity index (χ1n) is 11.2. The van der Waals surface area contributed by atoms with E-state index in [1.54, 1.807) is 35.2 Å². The van der Waals surface area contributed by atoms with Crippen LogP contribution in [-0.2, 0) is 0 Å². The number of carbonyl (C=O) groups is 1. The fourth-order valence-electron chi connectivity index (χ4n) is 3.86. The number of benzene rings is 1. The van der Waals surface area contributed by atoms with Gasteiger partial charge in [0.2, 0.25) is 0 Å². The second kappa shape index (κ2) is 11.6. The minimum atomic E-state index is -0.452. The highest BCUT2D eigenvalue weighted by atomic mass is 16.6. The first-order chi connectivity index (χ1) is 15.2. The maximum absolute atomic E-state index is 13.4. The molecule has 32 heavy (non-hydrogen) atoms. The van der Waals surface area contributed by atoms with Gasteiger partial charge in [0.05, 0.1) is 4.92 Å². The zero-order valence-corrected chi connectivity index (χ0v) is 20.0. The number of hydrogen-bond donors (Lipinski definition) is 1. The van der Waals surface area contributed by atoms with Gasteiger partial charge in [0.25, 0.3) is 11.6 Å². The van der Waals surface area contributed by atoms with Gasteiger partial charge >= 0.3 is 0 Å². The molecule has 1 N–H and O–H groups in total. The third kappa shape index (κ3) is 6.03. The van der Waals surface area contributed by atoms with E-state index in [1.165, 1.54) is 6.07 Å². The summed E-state index contributed by atoms with van der Waals surface area (Å²) in [7, 11) is 0. The van der Waals surface area contributed by atoms with Crippen LogP contribution in [0, 0.1) is 10.1 Å². The predicted octanol–water partition coefficient (Wildman–Crippen LogP) is 4.67. The topological polar surface area (TPSA) is 91.6 Å². The molecule has 0 aliphatic carbocycles. The predicted molar refractivity (Wildman–Crippen MR) is 129 cm³/mol. The van der Waals surface area contributed by atoms with Gasteiger partial charge in [-0.3, -0.25) is 14.9 Å². The Morgan fingerprint density at radius 3 is 2.25 bits per heavy atom. The minimum absolute atomic E-state index is 0.00780. The van der Waals surface area contributed by atoms with E-state index < -0.39 is 4.92 Å². The average Bonchev–Trinajstić information content (AvgIpc) is 2.76. The Kier molecular flexibility index (Phi) is 9.13. The molecule has 0 radical (unpaired) electrons. The van der Waals surface area contributed by atoms with Crippen LogP contribution < -0.4 is 5.32 Å². The van der Waals surface area contributed by atoms with E-state index in [0.717, 1.165) is 19.6 Å². The van der Waals surface area contributed by atoms with Crippen LogP contribution in [0.4, 0.5) is 11.5 Å². The second-order valence-electron chi connectivity index (χ2n) is 8.22. The number of carbonyl (C=O) groups excluding carboxylic acids is 1. The number of aromatic nitrogens is 1. The van der Waals surface area contributed by atoms with Crippen molar-refractivity contribution >= 4 is 17.4 Å². The Morgan fingerprint density at radius 2 is 1.69 bits per heavy atom. The van der Waals surface area contributed by atoms with E-state index in [1.807, 2.05) is 27.7 Å². The smallest absolute Gasteiger partial charge is 0.295 e. The van der Waals surface area contributed by atoms with Crippen LogP contribution in [0.3, 0.4) is 0 Å². The highest BCUT2D eigenvalue weighted by molar-refractivity contribution is 6.01. The van der Waals surface area contributed by atoms with Gasteiger partial charge in [-0.25, -0.2) is 4.98 Å². The molecule has 0 spiro atoms. The maximum atomic E-state index is 13.4. The van der Waals surface area contributed by atoms with Crippen molar-refractivity contribution in [3.63, 3.8) is 0 Å². The van der Waals surface area contributed by atoms with E-state index in [9.17, 15) is 14.9 Å². The number of rotatable bonds is 11. The molecule has 0 unspecified atom stereocenters. The summed E-state index contributed by atoms with van der Waals surface area (Å²) in [5.74, 6) is 0.381. The average molecular weight is 442 g/mol. The Hall–Kier alpha value is -3.00. The summed E-state index contributed by atoms with van der Waals surface area (Å²) in [6.07, 6.45) is 0. The molecule has 0 aliphatic rings. The fraction of sp³-hybridized carbons (Fsp3) is 0.500. The van der Waals surface area contributed by atoms with Crippen molar-refractivity contribution < 1.29 is 9.72 Å². The number of nitro groups is 1. The first kappa shape index (κ1) is 25.3. The summed E-state index contributed by atoms with van der Waals surface area (Å²) in [4.78, 5) is 33.3. The van der Waals surface area contributed by atoms with Crippen LogP contribution in [0.5, 0.6) is 0 Å². The lowest BCUT2D eigenvalue weighted by Crippen LogP contribution is -2.42. The number of pyridine rings is 1. The lowest BCUT2D eigenvalue weighted by molar-refractivity contribution is -0.384. The van der Waals surface area contributed by atoms with Crippen molar-refractivity contribution in [3.8, 4) is 11.3 Å². The van der Waals surface area contributed by atoms with Crippen LogP contribution in [0.2, 0.25) is 0 Å². The van der Waals surface area contributed by atoms with Crippen molar-refractivity contribution in [1.82, 2.24) is 14.8 Å². The first-order valence-corrected chi connectivity index (χ1v) is 11.2. The highest BCUT2D eigenvalue weighted by Crippen LogP contribution is 2.33. The van der Waals surface area contributed by atoms with Crippen molar-refractivity contribution in [2.75, 3.05) is 31.5 Å². The van der Waals surface area contributed by atoms with Crippen molar-refractivity contribution in [3.05, 3.63) is 52.1 Å². The molecule has 1 aromatic carbocycles. The molecule has 0 fully saturated rings. The van der Waals surface area contributed by atoms with Gasteiger partial charge in [-0.1, -0.05) is 32.0 Å². The Balaban J connectivity index is 2.47. The lowest BCUT2D eigenvalue weighted by atomic mass is 10.0. The zero-order valence-electron chi connectivity index (χ0n) is 20.0. The maximum Gasteiger partial charge on any atom is 0.295 e. The standard InChI is InChI=1S/C24H35N5O3/c1-7-27(8-2)16-15-25-22-14-13-21(29(31)32)23(26-22)19-11-9-10-12-20(19)24(30)28(17(3)4)18(5)6/h9-14,17-18H,7-8,15-16H2,1-6H3,(H,25,26). The second-order valence-corrected chi connectivity index (χ2v) is 8.22. The molecular weight excluding hydrogens is 406 g/mol. The van der Waals surface area contributed by atoms with Crippen molar-refractivity contribution in [2.45, 2.75) is 53.6 Å². The van der Waals surface area contributed by atoms with E-state index in [-0.39, 0.29) is 29.4 Å². The summed E-state index contributed by atoms with van der Waals surface area (Å²) in [6, 6.07) is 10.0. The molecule has 0 aliphatic heterocycles. The van der Waals surface area contributed by atoms with Gasteiger partial charge in [-0.15, -0.1) is 0 Å². The lowest BCUT2D eigenvalue weighted by Gasteiger charge is -2.31. The van der Waals surface area contributed by atoms with E-state index in [2.05, 4.69) is 29.0 Å². The van der Waals surface area contributed by atoms with Gasteiger partial charge in [0.1, 0.15) is 5.82 Å². The largest absolute Gasteiger partial charge is 0.369 e. The summed E-state index contributed by atoms with van der Waals surface area (Å²) in [6.45, 7) is 15.5. The van der Waals surface area contributed by atoms with Crippen LogP contribution in [0.25, 0.3) is 11.3 Å². The normalized spacial score (nSPS) is 11.3. The third-order valence-corrected chi connectivity index (χ3v) is 5.46. The van der Waals surface area contributed by atoms with Crippen LogP contribution in [0.1, 0.15) is 51.9 Å². The summed E-state index contributed by atoms with van der Waals surface area (Å²) >= 11 is 0. The Bertz CT molecular complexity index is 918. The number of hydrogen-bond acceptors (Lipinski definition) is 6. The number of amides is 1. The third-order valence-electron chi connectivity index (χ3n) is 5.46. The van der Waals surface area contributed by atoms with Crippen LogP contribution in [0.15, 0.2) is 36.4 Å². The number of anilines is 1. The zero-order chi connectivity index (χ0) is 23.8. The van der Waals surface area contributed by atoms with Crippen molar-refractivity contribution in [2.24, 2.45) is 0 Å². The van der Waals surface area contributed by atoms with Gasteiger partial charge in [-0.05, 0) is 52.9 Å². The molecule has 1 heterocycles. The molecule has 0 saturated heterocycles. The molecule has 0 atom stereocenters. The molecular formula is C24H35N5O3. The Morgan fingerprint density at radius 1 is 1.06 bits per heavy atom. The molecule has 8 nitrogen and oxygen atoms in total. The molecule has 0 saturated carbocycles. The van der Waals surface area contributed by atoms with E-state index in [4.69, 9.17) is 0 Å². The van der Waals surface area contributed by atoms with Crippen LogP contribution in [-0.4, -0.2) is 63.9 Å². The molecule has 1 amide bonds. The van der Waals surface area contributed by atoms with Crippen LogP contribution >= 0.6 is 0 Å². The monoisotopic (exact) mass is 441 g/mol. The SMILES string of the molecule is CCN(CC)CCNc1ccc([N+](=O)[O-])c(-c2ccccc2C(=O)N(C(C)C)C(C)C)n1. The molecule has 1 aromatic heterocycles. The van der Waals surface area contributed by atoms with Gasteiger partial charge in [0.15, 0.2) is 5.69 Å². The Labute approximate surface area is 190 Å². The van der Waals surface area contributed by atoms with E-state index >= 15 is 0 Å². The fourth-order valence-corrected chi connectivity index (χ4v) is 3.86. The summed E-state index contributed by atoms with van der Waals surface area (Å²) in [5, 5.41) is 15.0. The molecule has 2 aromatic rings. The highest BCUT2D eigenvalue weighted by Gasteiger charge is 2.27. The molecule has 2 rings (SSSR count). The van der Waals surface area contributed by atoms with Gasteiger partial charge in [-0.2, -0.15) is 0 Å². The number of likely N-dealkylation sites (N-methyl/N-ethyl adjacent to an activating group) is 1. The van der Waals surface area contributed by atoms with Gasteiger partial charge in [0, 0.05) is 42.4 Å². The summed E-state index contributed by atoms with van der Waals surface area (Å²) in [5.41, 5.74) is 0.938. The minimum Gasteiger partial charge on any atom is -0.369 e. The number of nitrogens with one attached hydrogen (secondary N) is 1.